The Morgan fingerprint density at radius 1 is 0.886 bits per heavy atom. The molecule has 1 aliphatic rings. The number of methoxy groups -OCH3 is 1. The van der Waals surface area contributed by atoms with E-state index in [1.807, 2.05) is 84.9 Å². The van der Waals surface area contributed by atoms with Crippen molar-refractivity contribution < 1.29 is 14.5 Å². The van der Waals surface area contributed by atoms with Crippen LogP contribution in [0.4, 0.5) is 17.1 Å². The summed E-state index contributed by atoms with van der Waals surface area (Å²) in [5.74, 6) is 0.00161. The molecule has 1 amide bonds. The average molecular weight is 466 g/mol. The summed E-state index contributed by atoms with van der Waals surface area (Å²) in [6.07, 6.45) is -0.621. The zero-order chi connectivity index (χ0) is 24.4. The molecule has 7 nitrogen and oxygen atoms in total. The van der Waals surface area contributed by atoms with Gasteiger partial charge in [0.2, 0.25) is 0 Å². The summed E-state index contributed by atoms with van der Waals surface area (Å²) in [6, 6.07) is 31.7. The monoisotopic (exact) mass is 465 g/mol. The lowest BCUT2D eigenvalue weighted by Crippen LogP contribution is -2.49. The van der Waals surface area contributed by atoms with Crippen LogP contribution in [0.2, 0.25) is 0 Å². The summed E-state index contributed by atoms with van der Waals surface area (Å²) in [6.45, 7) is 0.499. The number of hydrogen-bond acceptors (Lipinski definition) is 5. The SMILES string of the molecule is COc1ccc([C@H]2N(Cc3ccccc3)c3ccccc3C(=O)N2c2ccccc2)cc1[N+](=O)[O-]. The van der Waals surface area contributed by atoms with Crippen molar-refractivity contribution in [2.24, 2.45) is 0 Å². The number of carbonyl (C=O) groups excluding carboxylic acids is 1. The second kappa shape index (κ2) is 9.30. The number of benzene rings is 4. The molecule has 0 saturated carbocycles. The second-order valence-electron chi connectivity index (χ2n) is 8.20. The maximum absolute atomic E-state index is 13.9. The molecule has 1 atom stereocenters. The van der Waals surface area contributed by atoms with E-state index in [0.29, 0.717) is 23.4 Å². The highest BCUT2D eigenvalue weighted by atomic mass is 16.6. The van der Waals surface area contributed by atoms with Gasteiger partial charge in [0.05, 0.1) is 23.3 Å². The summed E-state index contributed by atoms with van der Waals surface area (Å²) in [4.78, 5) is 29.1. The summed E-state index contributed by atoms with van der Waals surface area (Å²) in [7, 11) is 1.40. The summed E-state index contributed by atoms with van der Waals surface area (Å²) >= 11 is 0. The van der Waals surface area contributed by atoms with E-state index >= 15 is 0 Å². The number of para-hydroxylation sites is 2. The predicted molar refractivity (Wildman–Crippen MR) is 135 cm³/mol. The standard InChI is InChI=1S/C28H23N3O4/c1-35-26-17-16-21(18-25(26)31(33)34)27-29(19-20-10-4-2-5-11-20)24-15-9-8-14-23(24)28(32)30(27)22-12-6-3-7-13-22/h2-18,27H,19H2,1H3/t27-/m0/s1. The fourth-order valence-electron chi connectivity index (χ4n) is 4.56. The van der Waals surface area contributed by atoms with Crippen molar-refractivity contribution >= 4 is 23.0 Å². The molecule has 4 aromatic rings. The average Bonchev–Trinajstić information content (AvgIpc) is 2.90. The summed E-state index contributed by atoms with van der Waals surface area (Å²) in [5.41, 5.74) is 3.57. The fourth-order valence-corrected chi connectivity index (χ4v) is 4.56. The van der Waals surface area contributed by atoms with Gasteiger partial charge in [-0.25, -0.2) is 0 Å². The van der Waals surface area contributed by atoms with E-state index in [-0.39, 0.29) is 17.3 Å². The van der Waals surface area contributed by atoms with Crippen molar-refractivity contribution in [3.05, 3.63) is 130 Å². The lowest BCUT2D eigenvalue weighted by Gasteiger charge is -2.46. The minimum atomic E-state index is -0.621. The molecule has 0 N–H and O–H groups in total. The Labute approximate surface area is 203 Å². The van der Waals surface area contributed by atoms with E-state index in [4.69, 9.17) is 4.74 Å². The van der Waals surface area contributed by atoms with Crippen LogP contribution < -0.4 is 14.5 Å². The molecule has 0 spiro atoms. The molecule has 0 aliphatic carbocycles. The van der Waals surface area contributed by atoms with Crippen molar-refractivity contribution in [2.75, 3.05) is 16.9 Å². The van der Waals surface area contributed by atoms with Gasteiger partial charge in [-0.3, -0.25) is 19.8 Å². The Hall–Kier alpha value is -4.65. The van der Waals surface area contributed by atoms with E-state index < -0.39 is 11.1 Å². The number of anilines is 2. The first-order valence-corrected chi connectivity index (χ1v) is 11.2. The van der Waals surface area contributed by atoms with Gasteiger partial charge in [-0.15, -0.1) is 0 Å². The molecule has 0 fully saturated rings. The zero-order valence-electron chi connectivity index (χ0n) is 19.1. The zero-order valence-corrected chi connectivity index (χ0v) is 19.1. The molecule has 0 aromatic heterocycles. The van der Waals surface area contributed by atoms with Crippen LogP contribution in [0, 0.1) is 10.1 Å². The minimum Gasteiger partial charge on any atom is -0.490 e. The van der Waals surface area contributed by atoms with Gasteiger partial charge in [0.1, 0.15) is 6.17 Å². The molecule has 1 aliphatic heterocycles. The van der Waals surface area contributed by atoms with E-state index in [9.17, 15) is 14.9 Å². The highest BCUT2D eigenvalue weighted by molar-refractivity contribution is 6.12. The molecular weight excluding hydrogens is 442 g/mol. The lowest BCUT2D eigenvalue weighted by molar-refractivity contribution is -0.385. The highest BCUT2D eigenvalue weighted by Gasteiger charge is 2.40. The Kier molecular flexibility index (Phi) is 5.89. The third-order valence-corrected chi connectivity index (χ3v) is 6.13. The number of nitro groups is 1. The molecule has 0 saturated heterocycles. The van der Waals surface area contributed by atoms with Gasteiger partial charge in [0.25, 0.3) is 5.91 Å². The molecule has 0 bridgehead atoms. The van der Waals surface area contributed by atoms with Crippen LogP contribution in [0.1, 0.15) is 27.7 Å². The van der Waals surface area contributed by atoms with Crippen LogP contribution in [0.25, 0.3) is 0 Å². The van der Waals surface area contributed by atoms with Crippen molar-refractivity contribution in [1.82, 2.24) is 0 Å². The van der Waals surface area contributed by atoms with E-state index in [1.54, 1.807) is 17.0 Å². The number of rotatable bonds is 6. The third kappa shape index (κ3) is 4.08. The number of ether oxygens (including phenoxy) is 1. The van der Waals surface area contributed by atoms with E-state index in [2.05, 4.69) is 4.90 Å². The second-order valence-corrected chi connectivity index (χ2v) is 8.20. The minimum absolute atomic E-state index is 0.149. The summed E-state index contributed by atoms with van der Waals surface area (Å²) < 4.78 is 5.22. The summed E-state index contributed by atoms with van der Waals surface area (Å²) in [5, 5.41) is 11.8. The smallest absolute Gasteiger partial charge is 0.311 e. The first-order valence-electron chi connectivity index (χ1n) is 11.2. The van der Waals surface area contributed by atoms with Crippen LogP contribution in [0.15, 0.2) is 103 Å². The van der Waals surface area contributed by atoms with Crippen molar-refractivity contribution in [3.63, 3.8) is 0 Å². The Morgan fingerprint density at radius 3 is 2.23 bits per heavy atom. The largest absolute Gasteiger partial charge is 0.490 e. The van der Waals surface area contributed by atoms with Gasteiger partial charge in [-0.2, -0.15) is 0 Å². The first kappa shape index (κ1) is 22.2. The van der Waals surface area contributed by atoms with Gasteiger partial charge in [-0.05, 0) is 35.9 Å². The number of nitrogens with zero attached hydrogens (tertiary/aromatic N) is 3. The van der Waals surface area contributed by atoms with Gasteiger partial charge in [-0.1, -0.05) is 66.7 Å². The molecular formula is C28H23N3O4. The molecule has 174 valence electrons. The van der Waals surface area contributed by atoms with Crippen molar-refractivity contribution in [1.29, 1.82) is 0 Å². The van der Waals surface area contributed by atoms with E-state index in [0.717, 1.165) is 11.3 Å². The number of amides is 1. The van der Waals surface area contributed by atoms with Crippen molar-refractivity contribution in [2.45, 2.75) is 12.7 Å². The van der Waals surface area contributed by atoms with Gasteiger partial charge in [0.15, 0.2) is 5.75 Å². The molecule has 5 rings (SSSR count). The third-order valence-electron chi connectivity index (χ3n) is 6.13. The number of hydrogen-bond donors (Lipinski definition) is 0. The van der Waals surface area contributed by atoms with Crippen molar-refractivity contribution in [3.8, 4) is 5.75 Å². The van der Waals surface area contributed by atoms with Gasteiger partial charge >= 0.3 is 5.69 Å². The predicted octanol–water partition coefficient (Wildman–Crippen LogP) is 5.97. The normalized spacial score (nSPS) is 15.0. The van der Waals surface area contributed by atoms with Crippen LogP contribution in [-0.2, 0) is 6.54 Å². The number of fused-ring (bicyclic) bond motifs is 1. The maximum Gasteiger partial charge on any atom is 0.311 e. The van der Waals surface area contributed by atoms with E-state index in [1.165, 1.54) is 13.2 Å². The van der Waals surface area contributed by atoms with Crippen LogP contribution >= 0.6 is 0 Å². The van der Waals surface area contributed by atoms with Crippen LogP contribution in [-0.4, -0.2) is 17.9 Å². The molecule has 1 heterocycles. The fraction of sp³-hybridized carbons (Fsp3) is 0.107. The highest BCUT2D eigenvalue weighted by Crippen LogP contribution is 2.43. The van der Waals surface area contributed by atoms with Crippen LogP contribution in [0.3, 0.4) is 0 Å². The molecule has 35 heavy (non-hydrogen) atoms. The Morgan fingerprint density at radius 2 is 1.54 bits per heavy atom. The number of carbonyl (C=O) groups is 1. The molecule has 0 unspecified atom stereocenters. The molecule has 0 radical (unpaired) electrons. The lowest BCUT2D eigenvalue weighted by atomic mass is 9.98. The van der Waals surface area contributed by atoms with Gasteiger partial charge in [0, 0.05) is 23.9 Å². The number of nitro benzene ring substituents is 1. The molecule has 7 heteroatoms. The first-order chi connectivity index (χ1) is 17.1. The Bertz CT molecular complexity index is 1380. The van der Waals surface area contributed by atoms with Crippen LogP contribution in [0.5, 0.6) is 5.75 Å². The molecule has 4 aromatic carbocycles. The Balaban J connectivity index is 1.75. The topological polar surface area (TPSA) is 75.9 Å². The quantitative estimate of drug-likeness (QED) is 0.259. The van der Waals surface area contributed by atoms with Gasteiger partial charge < -0.3 is 9.64 Å². The maximum atomic E-state index is 13.9.